The molecule has 6 nitrogen and oxygen atoms in total. The largest absolute Gasteiger partial charge is 0.386 e. The number of pyridine rings is 1. The van der Waals surface area contributed by atoms with Crippen molar-refractivity contribution in [1.82, 2.24) is 10.3 Å². The third kappa shape index (κ3) is 5.37. The molecule has 0 saturated carbocycles. The molecular formula is C19H20F3N3O3. The van der Waals surface area contributed by atoms with Gasteiger partial charge in [0, 0.05) is 18.2 Å². The summed E-state index contributed by atoms with van der Waals surface area (Å²) in [6.45, 7) is -0.965. The zero-order valence-corrected chi connectivity index (χ0v) is 14.8. The third-order valence-corrected chi connectivity index (χ3v) is 4.08. The Morgan fingerprint density at radius 3 is 2.25 bits per heavy atom. The molecule has 2 atom stereocenters. The zero-order valence-electron chi connectivity index (χ0n) is 14.8. The number of nitrogens with one attached hydrogen (secondary N) is 1. The van der Waals surface area contributed by atoms with Crippen molar-refractivity contribution in [1.29, 1.82) is 0 Å². The van der Waals surface area contributed by atoms with Crippen LogP contribution in [0.1, 0.15) is 28.6 Å². The van der Waals surface area contributed by atoms with Crippen molar-refractivity contribution in [3.63, 3.8) is 0 Å². The number of rotatable bonds is 9. The summed E-state index contributed by atoms with van der Waals surface area (Å²) in [5.74, 6) is -1.80. The van der Waals surface area contributed by atoms with Gasteiger partial charge in [0.25, 0.3) is 5.91 Å². The van der Waals surface area contributed by atoms with E-state index in [0.29, 0.717) is 11.3 Å². The molecule has 1 aromatic heterocycles. The Morgan fingerprint density at radius 2 is 1.75 bits per heavy atom. The molecule has 1 aromatic carbocycles. The topological polar surface area (TPSA) is 105 Å². The molecule has 150 valence electrons. The van der Waals surface area contributed by atoms with Crippen LogP contribution in [0.2, 0.25) is 0 Å². The summed E-state index contributed by atoms with van der Waals surface area (Å²) in [6.07, 6.45) is -3.06. The third-order valence-electron chi connectivity index (χ3n) is 4.08. The number of nitrogens with zero attached hydrogens (tertiary/aromatic N) is 1. The van der Waals surface area contributed by atoms with Gasteiger partial charge in [-0.3, -0.25) is 14.6 Å². The fraction of sp³-hybridized carbons (Fsp3) is 0.316. The first kappa shape index (κ1) is 21.5. The Hall–Kier alpha value is -2.78. The number of aliphatic hydroxyl groups excluding tert-OH is 1. The number of ketones is 1. The number of carbonyl (C=O) groups is 2. The Labute approximate surface area is 159 Å². The maximum atomic E-state index is 13.1. The average molecular weight is 395 g/mol. The van der Waals surface area contributed by atoms with Crippen LogP contribution in [-0.4, -0.2) is 47.5 Å². The standard InChI is InChI=1S/C19H20F3N3O3/c20-9-15(25-19(28)18(21)22)17(27)12-3-1-11(2-4-12)13-5-6-14(24-10-13)16(26)7-8-23/h1-6,10,15,17-18,27H,7-9,23H2,(H,25,28)/t15-,17-/m1/s1. The van der Waals surface area contributed by atoms with E-state index in [-0.39, 0.29) is 24.3 Å². The fourth-order valence-electron chi connectivity index (χ4n) is 2.54. The second-order valence-electron chi connectivity index (χ2n) is 6.03. The van der Waals surface area contributed by atoms with Gasteiger partial charge in [-0.05, 0) is 23.7 Å². The van der Waals surface area contributed by atoms with E-state index in [1.165, 1.54) is 18.3 Å². The molecule has 0 aliphatic rings. The highest BCUT2D eigenvalue weighted by Crippen LogP contribution is 2.24. The number of hydrogen-bond acceptors (Lipinski definition) is 5. The molecule has 4 N–H and O–H groups in total. The van der Waals surface area contributed by atoms with Crippen LogP contribution in [-0.2, 0) is 4.79 Å². The second-order valence-corrected chi connectivity index (χ2v) is 6.03. The van der Waals surface area contributed by atoms with Gasteiger partial charge in [-0.2, -0.15) is 8.78 Å². The molecule has 28 heavy (non-hydrogen) atoms. The molecule has 0 saturated heterocycles. The summed E-state index contributed by atoms with van der Waals surface area (Å²) in [6, 6.07) is 8.03. The summed E-state index contributed by atoms with van der Waals surface area (Å²) < 4.78 is 37.7. The van der Waals surface area contributed by atoms with E-state index >= 15 is 0 Å². The second kappa shape index (κ2) is 9.95. The normalized spacial score (nSPS) is 13.2. The predicted octanol–water partition coefficient (Wildman–Crippen LogP) is 2.03. The number of benzene rings is 1. The zero-order chi connectivity index (χ0) is 20.7. The number of halogens is 3. The summed E-state index contributed by atoms with van der Waals surface area (Å²) in [7, 11) is 0. The Morgan fingerprint density at radius 1 is 1.11 bits per heavy atom. The van der Waals surface area contributed by atoms with Crippen molar-refractivity contribution in [3.05, 3.63) is 53.9 Å². The van der Waals surface area contributed by atoms with Gasteiger partial charge in [-0.15, -0.1) is 0 Å². The van der Waals surface area contributed by atoms with E-state index in [9.17, 15) is 27.9 Å². The maximum absolute atomic E-state index is 13.1. The number of aliphatic hydroxyl groups is 1. The first-order valence-corrected chi connectivity index (χ1v) is 8.49. The predicted molar refractivity (Wildman–Crippen MR) is 96.5 cm³/mol. The molecule has 0 unspecified atom stereocenters. The van der Waals surface area contributed by atoms with Gasteiger partial charge in [0.2, 0.25) is 0 Å². The van der Waals surface area contributed by atoms with E-state index in [0.717, 1.165) is 5.56 Å². The molecule has 0 aliphatic heterocycles. The fourth-order valence-corrected chi connectivity index (χ4v) is 2.54. The number of aromatic nitrogens is 1. The highest BCUT2D eigenvalue weighted by molar-refractivity contribution is 5.94. The molecule has 0 spiro atoms. The molecule has 0 aliphatic carbocycles. The van der Waals surface area contributed by atoms with E-state index in [4.69, 9.17) is 5.73 Å². The number of Topliss-reactive ketones (excluding diaryl/α,β-unsaturated/α-hetero) is 1. The van der Waals surface area contributed by atoms with Crippen LogP contribution >= 0.6 is 0 Å². The quantitative estimate of drug-likeness (QED) is 0.564. The van der Waals surface area contributed by atoms with Crippen molar-refractivity contribution < 1.29 is 27.9 Å². The number of hydrogen-bond donors (Lipinski definition) is 3. The monoisotopic (exact) mass is 395 g/mol. The summed E-state index contributed by atoms with van der Waals surface area (Å²) in [5, 5.41) is 11.9. The molecule has 0 radical (unpaired) electrons. The van der Waals surface area contributed by atoms with Crippen LogP contribution in [0.3, 0.4) is 0 Å². The number of nitrogens with two attached hydrogens (primary N) is 1. The van der Waals surface area contributed by atoms with Crippen LogP contribution in [0.4, 0.5) is 13.2 Å². The molecule has 0 fully saturated rings. The lowest BCUT2D eigenvalue weighted by Crippen LogP contribution is -2.43. The summed E-state index contributed by atoms with van der Waals surface area (Å²) in [4.78, 5) is 26.9. The van der Waals surface area contributed by atoms with Gasteiger partial charge in [-0.1, -0.05) is 30.3 Å². The van der Waals surface area contributed by atoms with Crippen molar-refractivity contribution in [2.75, 3.05) is 13.2 Å². The first-order valence-electron chi connectivity index (χ1n) is 8.49. The van der Waals surface area contributed by atoms with Crippen LogP contribution in [0.25, 0.3) is 11.1 Å². The lowest BCUT2D eigenvalue weighted by Gasteiger charge is -2.22. The minimum atomic E-state index is -3.30. The van der Waals surface area contributed by atoms with Gasteiger partial charge >= 0.3 is 6.43 Å². The van der Waals surface area contributed by atoms with Gasteiger partial charge in [0.05, 0.1) is 6.04 Å². The SMILES string of the molecule is NCCC(=O)c1ccc(-c2ccc([C@@H](O)[C@@H](CF)NC(=O)C(F)F)cc2)cn1. The molecule has 9 heteroatoms. The minimum Gasteiger partial charge on any atom is -0.386 e. The van der Waals surface area contributed by atoms with Crippen molar-refractivity contribution in [2.24, 2.45) is 5.73 Å². The van der Waals surface area contributed by atoms with Gasteiger partial charge in [0.1, 0.15) is 18.5 Å². The molecule has 1 amide bonds. The highest BCUT2D eigenvalue weighted by atomic mass is 19.3. The first-order chi connectivity index (χ1) is 13.4. The molecule has 2 aromatic rings. The van der Waals surface area contributed by atoms with Gasteiger partial charge in [0.15, 0.2) is 5.78 Å². The van der Waals surface area contributed by atoms with E-state index < -0.39 is 31.2 Å². The van der Waals surface area contributed by atoms with E-state index in [1.54, 1.807) is 29.6 Å². The lowest BCUT2D eigenvalue weighted by molar-refractivity contribution is -0.133. The average Bonchev–Trinajstić information content (AvgIpc) is 2.71. The van der Waals surface area contributed by atoms with E-state index in [2.05, 4.69) is 4.98 Å². The van der Waals surface area contributed by atoms with Crippen molar-refractivity contribution in [3.8, 4) is 11.1 Å². The maximum Gasteiger partial charge on any atom is 0.315 e. The number of amides is 1. The van der Waals surface area contributed by atoms with Crippen LogP contribution in [0.15, 0.2) is 42.6 Å². The van der Waals surface area contributed by atoms with Crippen LogP contribution in [0, 0.1) is 0 Å². The molecule has 2 rings (SSSR count). The number of carbonyl (C=O) groups excluding carboxylic acids is 2. The Kier molecular flexibility index (Phi) is 7.65. The Balaban J connectivity index is 2.11. The summed E-state index contributed by atoms with van der Waals surface area (Å²) >= 11 is 0. The minimum absolute atomic E-state index is 0.157. The Bertz CT molecular complexity index is 798. The lowest BCUT2D eigenvalue weighted by atomic mass is 9.99. The molecule has 0 bridgehead atoms. The number of alkyl halides is 3. The van der Waals surface area contributed by atoms with Gasteiger partial charge < -0.3 is 16.2 Å². The van der Waals surface area contributed by atoms with Crippen molar-refractivity contribution in [2.45, 2.75) is 25.0 Å². The molecular weight excluding hydrogens is 375 g/mol. The van der Waals surface area contributed by atoms with Crippen molar-refractivity contribution >= 4 is 11.7 Å². The van der Waals surface area contributed by atoms with Crippen LogP contribution < -0.4 is 11.1 Å². The van der Waals surface area contributed by atoms with Crippen LogP contribution in [0.5, 0.6) is 0 Å². The van der Waals surface area contributed by atoms with E-state index in [1.807, 2.05) is 0 Å². The smallest absolute Gasteiger partial charge is 0.315 e. The summed E-state index contributed by atoms with van der Waals surface area (Å²) in [5.41, 5.74) is 7.33. The molecule has 1 heterocycles. The van der Waals surface area contributed by atoms with Gasteiger partial charge in [-0.25, -0.2) is 4.39 Å². The highest BCUT2D eigenvalue weighted by Gasteiger charge is 2.26.